The Kier molecular flexibility index (Phi) is 6.90. The van der Waals surface area contributed by atoms with Crippen molar-refractivity contribution in [3.63, 3.8) is 0 Å². The van der Waals surface area contributed by atoms with E-state index in [9.17, 15) is 9.90 Å². The number of carbonyl (C=O) groups is 1. The maximum absolute atomic E-state index is 11.7. The Balaban J connectivity index is 1.76. The zero-order valence-electron chi connectivity index (χ0n) is 17.5. The average molecular weight is 455 g/mol. The predicted octanol–water partition coefficient (Wildman–Crippen LogP) is 4.56. The summed E-state index contributed by atoms with van der Waals surface area (Å²) in [6.07, 6.45) is 3.07. The predicted molar refractivity (Wildman–Crippen MR) is 121 cm³/mol. The number of ether oxygens (including phenoxy) is 3. The molecule has 2 heterocycles. The molecule has 0 saturated carbocycles. The second-order valence-electron chi connectivity index (χ2n) is 7.35. The van der Waals surface area contributed by atoms with Crippen LogP contribution in [0.2, 0.25) is 5.02 Å². The Bertz CT molecular complexity index is 1080. The molecular formula is C24H23ClN2O5. The highest BCUT2D eigenvalue weighted by Gasteiger charge is 2.31. The standard InChI is InChI=1S/C24H23ClN2O5/c1-30-22-14-31-15-23(22)32-21-7-3-2-6-20(21)27(13-16-5-4-10-26-12-16)17-8-9-19(25)18(11-17)24(28)29/h2-12,22-23H,13-15H2,1H3,(H,28,29)/t22?,23-/m1/s1. The van der Waals surface area contributed by atoms with Gasteiger partial charge in [0.05, 0.1) is 29.5 Å². The Morgan fingerprint density at radius 3 is 2.75 bits per heavy atom. The van der Waals surface area contributed by atoms with Gasteiger partial charge in [-0.2, -0.15) is 0 Å². The van der Waals surface area contributed by atoms with Crippen molar-refractivity contribution < 1.29 is 24.1 Å². The maximum atomic E-state index is 11.7. The molecule has 0 radical (unpaired) electrons. The molecule has 1 aliphatic rings. The lowest BCUT2D eigenvalue weighted by Gasteiger charge is -2.29. The number of carboxylic acids is 1. The lowest BCUT2D eigenvalue weighted by molar-refractivity contribution is 0.0328. The van der Waals surface area contributed by atoms with Crippen molar-refractivity contribution in [1.29, 1.82) is 0 Å². The van der Waals surface area contributed by atoms with Gasteiger partial charge in [-0.3, -0.25) is 4.98 Å². The summed E-state index contributed by atoms with van der Waals surface area (Å²) in [6, 6.07) is 16.4. The molecule has 1 fully saturated rings. The number of hydrogen-bond donors (Lipinski definition) is 1. The molecule has 4 rings (SSSR count). The maximum Gasteiger partial charge on any atom is 0.337 e. The normalized spacial score (nSPS) is 17.8. The summed E-state index contributed by atoms with van der Waals surface area (Å²) in [5.41, 5.74) is 2.42. The monoisotopic (exact) mass is 454 g/mol. The van der Waals surface area contributed by atoms with Gasteiger partial charge in [-0.05, 0) is 42.0 Å². The molecule has 1 saturated heterocycles. The highest BCUT2D eigenvalue weighted by Crippen LogP contribution is 2.37. The third kappa shape index (κ3) is 4.85. The Morgan fingerprint density at radius 1 is 1.19 bits per heavy atom. The van der Waals surface area contributed by atoms with Crippen LogP contribution < -0.4 is 9.64 Å². The van der Waals surface area contributed by atoms with Crippen LogP contribution in [0.15, 0.2) is 67.0 Å². The number of carboxylic acid groups (broad SMARTS) is 1. The van der Waals surface area contributed by atoms with E-state index in [1.807, 2.05) is 41.3 Å². The van der Waals surface area contributed by atoms with Crippen LogP contribution in [0, 0.1) is 0 Å². The van der Waals surface area contributed by atoms with Gasteiger partial charge in [0.15, 0.2) is 6.10 Å². The fourth-order valence-corrected chi connectivity index (χ4v) is 3.82. The van der Waals surface area contributed by atoms with E-state index in [4.69, 9.17) is 25.8 Å². The van der Waals surface area contributed by atoms with Crippen LogP contribution >= 0.6 is 11.6 Å². The SMILES string of the molecule is COC1COC[C@H]1Oc1ccccc1N(Cc1cccnc1)c1ccc(Cl)c(C(=O)O)c1. The molecule has 8 heteroatoms. The van der Waals surface area contributed by atoms with Gasteiger partial charge in [-0.1, -0.05) is 29.8 Å². The zero-order valence-corrected chi connectivity index (χ0v) is 18.2. The Labute approximate surface area is 191 Å². The number of nitrogens with zero attached hydrogens (tertiary/aromatic N) is 2. The molecule has 1 unspecified atom stereocenters. The number of hydrogen-bond acceptors (Lipinski definition) is 6. The molecule has 1 N–H and O–H groups in total. The minimum Gasteiger partial charge on any atom is -0.483 e. The summed E-state index contributed by atoms with van der Waals surface area (Å²) in [6.45, 7) is 1.35. The zero-order chi connectivity index (χ0) is 22.5. The fourth-order valence-electron chi connectivity index (χ4n) is 3.62. The van der Waals surface area contributed by atoms with E-state index < -0.39 is 5.97 Å². The van der Waals surface area contributed by atoms with Gasteiger partial charge in [0, 0.05) is 31.7 Å². The second kappa shape index (κ2) is 9.99. The fraction of sp³-hybridized carbons (Fsp3) is 0.250. The van der Waals surface area contributed by atoms with E-state index in [2.05, 4.69) is 4.98 Å². The molecule has 32 heavy (non-hydrogen) atoms. The Morgan fingerprint density at radius 2 is 2.00 bits per heavy atom. The minimum absolute atomic E-state index is 0.0300. The average Bonchev–Trinajstić information content (AvgIpc) is 3.26. The molecule has 0 spiro atoms. The van der Waals surface area contributed by atoms with E-state index in [1.54, 1.807) is 37.7 Å². The first-order chi connectivity index (χ1) is 15.6. The van der Waals surface area contributed by atoms with E-state index in [0.717, 1.165) is 11.3 Å². The largest absolute Gasteiger partial charge is 0.483 e. The molecule has 1 aromatic heterocycles. The van der Waals surface area contributed by atoms with Gasteiger partial charge >= 0.3 is 5.97 Å². The smallest absolute Gasteiger partial charge is 0.337 e. The lowest BCUT2D eigenvalue weighted by Crippen LogP contribution is -2.32. The molecule has 0 amide bonds. The number of methoxy groups -OCH3 is 1. The number of pyridine rings is 1. The Hall–Kier alpha value is -3.13. The van der Waals surface area contributed by atoms with Gasteiger partial charge < -0.3 is 24.2 Å². The number of rotatable bonds is 8. The number of benzene rings is 2. The van der Waals surface area contributed by atoms with Gasteiger partial charge in [0.1, 0.15) is 11.9 Å². The number of aromatic nitrogens is 1. The molecule has 0 bridgehead atoms. The molecule has 7 nitrogen and oxygen atoms in total. The van der Waals surface area contributed by atoms with Gasteiger partial charge in [0.2, 0.25) is 0 Å². The number of anilines is 2. The van der Waals surface area contributed by atoms with Crippen LogP contribution in [-0.2, 0) is 16.0 Å². The second-order valence-corrected chi connectivity index (χ2v) is 7.76. The molecular weight excluding hydrogens is 432 g/mol. The highest BCUT2D eigenvalue weighted by molar-refractivity contribution is 6.33. The van der Waals surface area contributed by atoms with Crippen LogP contribution in [0.1, 0.15) is 15.9 Å². The summed E-state index contributed by atoms with van der Waals surface area (Å²) in [5, 5.41) is 9.75. The third-order valence-electron chi connectivity index (χ3n) is 5.27. The molecule has 2 aromatic carbocycles. The quantitative estimate of drug-likeness (QED) is 0.534. The first-order valence-corrected chi connectivity index (χ1v) is 10.5. The van der Waals surface area contributed by atoms with Crippen molar-refractivity contribution >= 4 is 28.9 Å². The van der Waals surface area contributed by atoms with Crippen molar-refractivity contribution in [2.75, 3.05) is 25.2 Å². The summed E-state index contributed by atoms with van der Waals surface area (Å²) in [7, 11) is 1.64. The van der Waals surface area contributed by atoms with Crippen LogP contribution in [0.3, 0.4) is 0 Å². The minimum atomic E-state index is -1.09. The van der Waals surface area contributed by atoms with Gasteiger partial charge in [0.25, 0.3) is 0 Å². The molecule has 1 aliphatic heterocycles. The van der Waals surface area contributed by atoms with Crippen LogP contribution in [0.4, 0.5) is 11.4 Å². The van der Waals surface area contributed by atoms with Crippen LogP contribution in [0.25, 0.3) is 0 Å². The van der Waals surface area contributed by atoms with Crippen molar-refractivity contribution in [3.05, 3.63) is 83.1 Å². The highest BCUT2D eigenvalue weighted by atomic mass is 35.5. The summed E-state index contributed by atoms with van der Waals surface area (Å²) < 4.78 is 17.3. The first kappa shape index (κ1) is 22.1. The van der Waals surface area contributed by atoms with E-state index in [-0.39, 0.29) is 22.8 Å². The van der Waals surface area contributed by atoms with E-state index in [0.29, 0.717) is 31.2 Å². The molecule has 3 aromatic rings. The van der Waals surface area contributed by atoms with Crippen molar-refractivity contribution in [1.82, 2.24) is 4.98 Å². The molecule has 0 aliphatic carbocycles. The molecule has 166 valence electrons. The summed E-state index contributed by atoms with van der Waals surface area (Å²) >= 11 is 6.12. The topological polar surface area (TPSA) is 81.1 Å². The third-order valence-corrected chi connectivity index (χ3v) is 5.60. The number of para-hydroxylation sites is 2. The van der Waals surface area contributed by atoms with E-state index >= 15 is 0 Å². The lowest BCUT2D eigenvalue weighted by atomic mass is 10.1. The van der Waals surface area contributed by atoms with Crippen molar-refractivity contribution in [3.8, 4) is 5.75 Å². The summed E-state index contributed by atoms with van der Waals surface area (Å²) in [4.78, 5) is 17.9. The van der Waals surface area contributed by atoms with Crippen molar-refractivity contribution in [2.24, 2.45) is 0 Å². The van der Waals surface area contributed by atoms with Crippen LogP contribution in [-0.4, -0.2) is 48.6 Å². The van der Waals surface area contributed by atoms with Crippen LogP contribution in [0.5, 0.6) is 5.75 Å². The van der Waals surface area contributed by atoms with Gasteiger partial charge in [-0.25, -0.2) is 4.79 Å². The first-order valence-electron chi connectivity index (χ1n) is 10.1. The molecule has 2 atom stereocenters. The van der Waals surface area contributed by atoms with E-state index in [1.165, 1.54) is 0 Å². The van der Waals surface area contributed by atoms with Crippen molar-refractivity contribution in [2.45, 2.75) is 18.8 Å². The van der Waals surface area contributed by atoms with Gasteiger partial charge in [-0.15, -0.1) is 0 Å². The number of halogens is 1. The number of aromatic carboxylic acids is 1. The summed E-state index contributed by atoms with van der Waals surface area (Å²) in [5.74, 6) is -0.450.